The topological polar surface area (TPSA) is 67.8 Å². The zero-order valence-corrected chi connectivity index (χ0v) is 16.0. The van der Waals surface area contributed by atoms with Crippen LogP contribution in [0.3, 0.4) is 0 Å². The average molecular weight is 381 g/mol. The molecule has 1 aliphatic heterocycles. The summed E-state index contributed by atoms with van der Waals surface area (Å²) in [5.41, 5.74) is 1.85. The largest absolute Gasteiger partial charge is 0.390 e. The summed E-state index contributed by atoms with van der Waals surface area (Å²) < 4.78 is 11.6. The van der Waals surface area contributed by atoms with Gasteiger partial charge in [0.05, 0.1) is 12.2 Å². The Morgan fingerprint density at radius 3 is 2.43 bits per heavy atom. The SMILES string of the molecule is CO[C@H]1O[C@H]2CC[C@@H](c3ccccc3)C[C@H]2[C@@H](O)[C@H]1NC(=O)c1ccccc1. The molecule has 0 aromatic heterocycles. The van der Waals surface area contributed by atoms with E-state index in [1.807, 2.05) is 24.3 Å². The van der Waals surface area contributed by atoms with E-state index in [0.717, 1.165) is 19.3 Å². The minimum atomic E-state index is -0.720. The van der Waals surface area contributed by atoms with E-state index < -0.39 is 18.4 Å². The maximum absolute atomic E-state index is 12.6. The molecule has 2 fully saturated rings. The van der Waals surface area contributed by atoms with Crippen LogP contribution in [-0.4, -0.2) is 42.7 Å². The minimum Gasteiger partial charge on any atom is -0.390 e. The molecule has 6 atom stereocenters. The number of amides is 1. The number of aliphatic hydroxyl groups excluding tert-OH is 1. The Bertz CT molecular complexity index is 782. The zero-order chi connectivity index (χ0) is 19.5. The summed E-state index contributed by atoms with van der Waals surface area (Å²) in [6.07, 6.45) is 1.31. The third-order valence-electron chi connectivity index (χ3n) is 6.08. The molecule has 1 saturated heterocycles. The molecular weight excluding hydrogens is 354 g/mol. The number of rotatable bonds is 4. The Kier molecular flexibility index (Phi) is 5.76. The normalized spacial score (nSPS) is 32.4. The molecule has 2 aromatic rings. The standard InChI is InChI=1S/C23H27NO4/c1-27-23-20(24-22(26)16-10-6-3-7-11-16)21(25)18-14-17(12-13-19(18)28-23)15-8-4-2-5-9-15/h2-11,17-21,23,25H,12-14H2,1H3,(H,24,26)/t17-,18-,19+,20-,21-,23+/m1/s1. The first-order valence-electron chi connectivity index (χ1n) is 9.94. The predicted molar refractivity (Wildman–Crippen MR) is 106 cm³/mol. The molecule has 0 unspecified atom stereocenters. The van der Waals surface area contributed by atoms with Crippen LogP contribution in [-0.2, 0) is 9.47 Å². The highest BCUT2D eigenvalue weighted by atomic mass is 16.7. The first kappa shape index (κ1) is 19.1. The summed E-state index contributed by atoms with van der Waals surface area (Å²) in [5, 5.41) is 14.1. The van der Waals surface area contributed by atoms with Crippen molar-refractivity contribution in [3.8, 4) is 0 Å². The van der Waals surface area contributed by atoms with E-state index in [4.69, 9.17) is 9.47 Å². The molecule has 2 aromatic carbocycles. The molecule has 148 valence electrons. The summed E-state index contributed by atoms with van der Waals surface area (Å²) in [4.78, 5) is 12.6. The Hall–Kier alpha value is -2.21. The number of hydrogen-bond acceptors (Lipinski definition) is 4. The van der Waals surface area contributed by atoms with E-state index in [9.17, 15) is 9.90 Å². The van der Waals surface area contributed by atoms with Gasteiger partial charge in [0.2, 0.25) is 0 Å². The number of carbonyl (C=O) groups excluding carboxylic acids is 1. The highest BCUT2D eigenvalue weighted by molar-refractivity contribution is 5.94. The van der Waals surface area contributed by atoms with E-state index in [-0.39, 0.29) is 17.9 Å². The first-order valence-corrected chi connectivity index (χ1v) is 9.94. The number of ether oxygens (including phenoxy) is 2. The molecule has 5 nitrogen and oxygen atoms in total. The van der Waals surface area contributed by atoms with Gasteiger partial charge in [-0.1, -0.05) is 48.5 Å². The van der Waals surface area contributed by atoms with Crippen LogP contribution in [0, 0.1) is 5.92 Å². The van der Waals surface area contributed by atoms with Gasteiger partial charge in [-0.05, 0) is 42.9 Å². The second-order valence-electron chi connectivity index (χ2n) is 7.72. The van der Waals surface area contributed by atoms with Crippen LogP contribution in [0.2, 0.25) is 0 Å². The number of hydrogen-bond donors (Lipinski definition) is 2. The van der Waals surface area contributed by atoms with Gasteiger partial charge in [-0.25, -0.2) is 0 Å². The summed E-state index contributed by atoms with van der Waals surface area (Å²) >= 11 is 0. The van der Waals surface area contributed by atoms with Gasteiger partial charge in [0, 0.05) is 18.6 Å². The Balaban J connectivity index is 1.50. The molecule has 0 bridgehead atoms. The highest BCUT2D eigenvalue weighted by Crippen LogP contribution is 2.43. The molecule has 0 radical (unpaired) electrons. The lowest BCUT2D eigenvalue weighted by Crippen LogP contribution is -2.62. The van der Waals surface area contributed by atoms with E-state index in [1.54, 1.807) is 19.2 Å². The number of fused-ring (bicyclic) bond motifs is 1. The maximum Gasteiger partial charge on any atom is 0.251 e. The fraction of sp³-hybridized carbons (Fsp3) is 0.435. The molecular formula is C23H27NO4. The van der Waals surface area contributed by atoms with Crippen molar-refractivity contribution in [1.29, 1.82) is 0 Å². The summed E-state index contributed by atoms with van der Waals surface area (Å²) in [5.74, 6) is 0.126. The Morgan fingerprint density at radius 1 is 1.07 bits per heavy atom. The Labute approximate surface area is 165 Å². The van der Waals surface area contributed by atoms with Crippen LogP contribution in [0.15, 0.2) is 60.7 Å². The van der Waals surface area contributed by atoms with Gasteiger partial charge in [-0.3, -0.25) is 4.79 Å². The lowest BCUT2D eigenvalue weighted by atomic mass is 9.71. The third kappa shape index (κ3) is 3.83. The van der Waals surface area contributed by atoms with Crippen molar-refractivity contribution >= 4 is 5.91 Å². The predicted octanol–water partition coefficient (Wildman–Crippen LogP) is 3.10. The van der Waals surface area contributed by atoms with Gasteiger partial charge in [0.15, 0.2) is 6.29 Å². The lowest BCUT2D eigenvalue weighted by Gasteiger charge is -2.48. The van der Waals surface area contributed by atoms with Crippen LogP contribution < -0.4 is 5.32 Å². The summed E-state index contributed by atoms with van der Waals surface area (Å²) in [6.45, 7) is 0. The van der Waals surface area contributed by atoms with Gasteiger partial charge < -0.3 is 19.9 Å². The number of methoxy groups -OCH3 is 1. The molecule has 2 N–H and O–H groups in total. The van der Waals surface area contributed by atoms with Crippen molar-refractivity contribution < 1.29 is 19.4 Å². The molecule has 1 amide bonds. The molecule has 5 heteroatoms. The molecule has 0 spiro atoms. The quantitative estimate of drug-likeness (QED) is 0.854. The Morgan fingerprint density at radius 2 is 1.75 bits per heavy atom. The third-order valence-corrected chi connectivity index (χ3v) is 6.08. The van der Waals surface area contributed by atoms with Crippen molar-refractivity contribution in [2.75, 3.05) is 7.11 Å². The lowest BCUT2D eigenvalue weighted by molar-refractivity contribution is -0.248. The van der Waals surface area contributed by atoms with Gasteiger partial charge in [-0.2, -0.15) is 0 Å². The van der Waals surface area contributed by atoms with Crippen molar-refractivity contribution in [1.82, 2.24) is 5.32 Å². The van der Waals surface area contributed by atoms with Gasteiger partial charge in [0.25, 0.3) is 5.91 Å². The molecule has 1 aliphatic carbocycles. The van der Waals surface area contributed by atoms with E-state index in [2.05, 4.69) is 29.6 Å². The maximum atomic E-state index is 12.6. The zero-order valence-electron chi connectivity index (χ0n) is 16.0. The van der Waals surface area contributed by atoms with Crippen LogP contribution in [0.5, 0.6) is 0 Å². The molecule has 1 saturated carbocycles. The van der Waals surface area contributed by atoms with Crippen molar-refractivity contribution in [3.05, 3.63) is 71.8 Å². The molecule has 2 aliphatic rings. The molecule has 28 heavy (non-hydrogen) atoms. The average Bonchev–Trinajstić information content (AvgIpc) is 2.76. The minimum absolute atomic E-state index is 0.0357. The van der Waals surface area contributed by atoms with Crippen LogP contribution in [0.25, 0.3) is 0 Å². The van der Waals surface area contributed by atoms with Gasteiger partial charge >= 0.3 is 0 Å². The molecule has 1 heterocycles. The number of carbonyl (C=O) groups is 1. The number of nitrogens with one attached hydrogen (secondary N) is 1. The molecule has 4 rings (SSSR count). The van der Waals surface area contributed by atoms with E-state index in [0.29, 0.717) is 11.5 Å². The van der Waals surface area contributed by atoms with Crippen LogP contribution >= 0.6 is 0 Å². The van der Waals surface area contributed by atoms with Gasteiger partial charge in [0.1, 0.15) is 6.04 Å². The number of benzene rings is 2. The fourth-order valence-electron chi connectivity index (χ4n) is 4.60. The first-order chi connectivity index (χ1) is 13.7. The highest BCUT2D eigenvalue weighted by Gasteiger charge is 2.48. The summed E-state index contributed by atoms with van der Waals surface area (Å²) in [6, 6.07) is 18.8. The van der Waals surface area contributed by atoms with Crippen LogP contribution in [0.4, 0.5) is 0 Å². The van der Waals surface area contributed by atoms with E-state index in [1.165, 1.54) is 5.56 Å². The van der Waals surface area contributed by atoms with E-state index >= 15 is 0 Å². The number of aliphatic hydroxyl groups is 1. The second kappa shape index (κ2) is 8.43. The van der Waals surface area contributed by atoms with Crippen molar-refractivity contribution in [2.24, 2.45) is 5.92 Å². The second-order valence-corrected chi connectivity index (χ2v) is 7.72. The van der Waals surface area contributed by atoms with Gasteiger partial charge in [-0.15, -0.1) is 0 Å². The van der Waals surface area contributed by atoms with Crippen LogP contribution in [0.1, 0.15) is 41.1 Å². The smallest absolute Gasteiger partial charge is 0.251 e. The van der Waals surface area contributed by atoms with Crippen molar-refractivity contribution in [2.45, 2.75) is 49.7 Å². The van der Waals surface area contributed by atoms with Crippen molar-refractivity contribution in [3.63, 3.8) is 0 Å². The monoisotopic (exact) mass is 381 g/mol. The fourth-order valence-corrected chi connectivity index (χ4v) is 4.60. The summed E-state index contributed by atoms with van der Waals surface area (Å²) in [7, 11) is 1.55.